The summed E-state index contributed by atoms with van der Waals surface area (Å²) in [6.45, 7) is 1.93. The van der Waals surface area contributed by atoms with Gasteiger partial charge in [0.15, 0.2) is 0 Å². The van der Waals surface area contributed by atoms with Gasteiger partial charge in [0.1, 0.15) is 5.82 Å². The van der Waals surface area contributed by atoms with Gasteiger partial charge in [0.05, 0.1) is 6.04 Å². The van der Waals surface area contributed by atoms with Gasteiger partial charge in [-0.1, -0.05) is 11.6 Å². The molecule has 2 heterocycles. The number of pyridine rings is 2. The van der Waals surface area contributed by atoms with Crippen LogP contribution in [0.2, 0.25) is 5.02 Å². The van der Waals surface area contributed by atoms with Crippen LogP contribution >= 0.6 is 34.2 Å². The molecule has 1 unspecified atom stereocenters. The van der Waals surface area contributed by atoms with Crippen molar-refractivity contribution in [2.75, 3.05) is 5.32 Å². The summed E-state index contributed by atoms with van der Waals surface area (Å²) < 4.78 is 1.08. The van der Waals surface area contributed by atoms with Gasteiger partial charge >= 0.3 is 0 Å². The van der Waals surface area contributed by atoms with Crippen molar-refractivity contribution in [3.63, 3.8) is 0 Å². The van der Waals surface area contributed by atoms with Crippen LogP contribution in [-0.2, 0) is 0 Å². The molecule has 0 aliphatic rings. The number of H-pyrrole nitrogens is 1. The predicted octanol–water partition coefficient (Wildman–Crippen LogP) is 4.35. The third-order valence-electron chi connectivity index (χ3n) is 3.39. The predicted molar refractivity (Wildman–Crippen MR) is 98.6 cm³/mol. The standard InChI is InChI=1S/C16H13ClIN3O/c1-9(20-15-8-12(18)4-5-19-15)13-7-10-6-11(17)2-3-14(10)21-16(13)22/h2-9H,1H3,(H,19,20)(H,21,22). The average Bonchev–Trinajstić information content (AvgIpc) is 2.47. The van der Waals surface area contributed by atoms with Crippen molar-refractivity contribution in [2.45, 2.75) is 13.0 Å². The van der Waals surface area contributed by atoms with E-state index in [1.165, 1.54) is 0 Å². The SMILES string of the molecule is CC(Nc1cc(I)ccn1)c1cc2cc(Cl)ccc2[nH]c1=O. The van der Waals surface area contributed by atoms with Crippen LogP contribution in [0.25, 0.3) is 10.9 Å². The van der Waals surface area contributed by atoms with E-state index in [0.717, 1.165) is 20.3 Å². The molecule has 0 saturated carbocycles. The first-order valence-electron chi connectivity index (χ1n) is 6.73. The Balaban J connectivity index is 1.98. The van der Waals surface area contributed by atoms with Gasteiger partial charge < -0.3 is 10.3 Å². The first-order valence-corrected chi connectivity index (χ1v) is 8.19. The van der Waals surface area contributed by atoms with Crippen LogP contribution < -0.4 is 10.9 Å². The minimum atomic E-state index is -0.169. The van der Waals surface area contributed by atoms with Gasteiger partial charge in [0, 0.05) is 31.3 Å². The summed E-state index contributed by atoms with van der Waals surface area (Å²) in [4.78, 5) is 19.4. The van der Waals surface area contributed by atoms with Crippen LogP contribution in [0.4, 0.5) is 5.82 Å². The molecule has 0 spiro atoms. The maximum atomic E-state index is 12.3. The van der Waals surface area contributed by atoms with Gasteiger partial charge in [-0.3, -0.25) is 4.79 Å². The summed E-state index contributed by atoms with van der Waals surface area (Å²) in [5.41, 5.74) is 1.31. The number of aromatic amines is 1. The molecule has 2 N–H and O–H groups in total. The first kappa shape index (κ1) is 15.3. The summed E-state index contributed by atoms with van der Waals surface area (Å²) in [6.07, 6.45) is 1.74. The largest absolute Gasteiger partial charge is 0.363 e. The summed E-state index contributed by atoms with van der Waals surface area (Å²) >= 11 is 8.25. The van der Waals surface area contributed by atoms with E-state index in [2.05, 4.69) is 37.9 Å². The van der Waals surface area contributed by atoms with Crippen LogP contribution in [0.15, 0.2) is 47.4 Å². The van der Waals surface area contributed by atoms with Gasteiger partial charge in [-0.05, 0) is 65.9 Å². The number of benzene rings is 1. The molecule has 0 bridgehead atoms. The van der Waals surface area contributed by atoms with Crippen molar-refractivity contribution in [2.24, 2.45) is 0 Å². The smallest absolute Gasteiger partial charge is 0.253 e. The number of rotatable bonds is 3. The average molecular weight is 426 g/mol. The molecular weight excluding hydrogens is 413 g/mol. The van der Waals surface area contributed by atoms with E-state index in [-0.39, 0.29) is 11.6 Å². The second-order valence-corrected chi connectivity index (χ2v) is 6.69. The number of aromatic nitrogens is 2. The van der Waals surface area contributed by atoms with E-state index in [1.54, 1.807) is 12.3 Å². The van der Waals surface area contributed by atoms with E-state index in [0.29, 0.717) is 10.6 Å². The lowest BCUT2D eigenvalue weighted by Crippen LogP contribution is -2.19. The minimum Gasteiger partial charge on any atom is -0.363 e. The van der Waals surface area contributed by atoms with Gasteiger partial charge in [0.25, 0.3) is 5.56 Å². The molecule has 0 fully saturated rings. The second-order valence-electron chi connectivity index (χ2n) is 5.01. The van der Waals surface area contributed by atoms with Crippen LogP contribution in [-0.4, -0.2) is 9.97 Å². The van der Waals surface area contributed by atoms with Crippen LogP contribution in [0, 0.1) is 3.57 Å². The van der Waals surface area contributed by atoms with Crippen LogP contribution in [0.1, 0.15) is 18.5 Å². The van der Waals surface area contributed by atoms with Crippen LogP contribution in [0.3, 0.4) is 0 Å². The van der Waals surface area contributed by atoms with E-state index in [4.69, 9.17) is 11.6 Å². The van der Waals surface area contributed by atoms with Gasteiger partial charge in [-0.15, -0.1) is 0 Å². The molecule has 1 atom stereocenters. The molecule has 0 amide bonds. The van der Waals surface area contributed by atoms with Crippen molar-refractivity contribution in [1.82, 2.24) is 9.97 Å². The molecule has 0 radical (unpaired) electrons. The highest BCUT2D eigenvalue weighted by Crippen LogP contribution is 2.21. The molecule has 6 heteroatoms. The van der Waals surface area contributed by atoms with E-state index in [1.807, 2.05) is 37.3 Å². The lowest BCUT2D eigenvalue weighted by molar-refractivity contribution is 0.857. The van der Waals surface area contributed by atoms with Crippen molar-refractivity contribution in [1.29, 1.82) is 0 Å². The van der Waals surface area contributed by atoms with E-state index in [9.17, 15) is 4.79 Å². The molecule has 2 aromatic heterocycles. The van der Waals surface area contributed by atoms with Gasteiger partial charge in [-0.25, -0.2) is 4.98 Å². The molecule has 22 heavy (non-hydrogen) atoms. The Morgan fingerprint density at radius 1 is 1.27 bits per heavy atom. The number of anilines is 1. The van der Waals surface area contributed by atoms with Gasteiger partial charge in [-0.2, -0.15) is 0 Å². The number of hydrogen-bond acceptors (Lipinski definition) is 3. The molecule has 1 aromatic carbocycles. The summed E-state index contributed by atoms with van der Waals surface area (Å²) in [5.74, 6) is 0.741. The molecule has 112 valence electrons. The van der Waals surface area contributed by atoms with Gasteiger partial charge in [0.2, 0.25) is 0 Å². The molecule has 0 saturated heterocycles. The zero-order valence-electron chi connectivity index (χ0n) is 11.7. The van der Waals surface area contributed by atoms with Crippen molar-refractivity contribution in [3.05, 3.63) is 67.1 Å². The summed E-state index contributed by atoms with van der Waals surface area (Å²) in [7, 11) is 0. The second kappa shape index (κ2) is 6.26. The van der Waals surface area contributed by atoms with Crippen LogP contribution in [0.5, 0.6) is 0 Å². The fourth-order valence-corrected chi connectivity index (χ4v) is 2.94. The zero-order valence-corrected chi connectivity index (χ0v) is 14.6. The third-order valence-corrected chi connectivity index (χ3v) is 4.29. The monoisotopic (exact) mass is 425 g/mol. The third kappa shape index (κ3) is 3.25. The number of fused-ring (bicyclic) bond motifs is 1. The Labute approximate surface area is 146 Å². The Morgan fingerprint density at radius 3 is 2.86 bits per heavy atom. The zero-order chi connectivity index (χ0) is 15.7. The summed E-state index contributed by atoms with van der Waals surface area (Å²) in [6, 6.07) is 11.0. The Hall–Kier alpha value is -1.60. The first-order chi connectivity index (χ1) is 10.5. The number of nitrogens with zero attached hydrogens (tertiary/aromatic N) is 1. The molecule has 4 nitrogen and oxygen atoms in total. The highest BCUT2D eigenvalue weighted by atomic mass is 127. The summed E-state index contributed by atoms with van der Waals surface area (Å²) in [5, 5.41) is 4.80. The maximum Gasteiger partial charge on any atom is 0.253 e. The highest BCUT2D eigenvalue weighted by molar-refractivity contribution is 14.1. The molecular formula is C16H13ClIN3O. The fourth-order valence-electron chi connectivity index (χ4n) is 2.30. The number of halogens is 2. The Bertz CT molecular complexity index is 894. The molecule has 3 aromatic rings. The minimum absolute atomic E-state index is 0.111. The van der Waals surface area contributed by atoms with Crippen molar-refractivity contribution in [3.8, 4) is 0 Å². The lowest BCUT2D eigenvalue weighted by atomic mass is 10.1. The normalized spacial score (nSPS) is 12.3. The number of hydrogen-bond donors (Lipinski definition) is 2. The fraction of sp³-hybridized carbons (Fsp3) is 0.125. The lowest BCUT2D eigenvalue weighted by Gasteiger charge is -2.15. The Kier molecular flexibility index (Phi) is 4.35. The number of nitrogens with one attached hydrogen (secondary N) is 2. The molecule has 0 aliphatic carbocycles. The van der Waals surface area contributed by atoms with E-state index >= 15 is 0 Å². The maximum absolute atomic E-state index is 12.3. The van der Waals surface area contributed by atoms with Crippen molar-refractivity contribution < 1.29 is 0 Å². The quantitative estimate of drug-likeness (QED) is 0.613. The Morgan fingerprint density at radius 2 is 2.09 bits per heavy atom. The molecule has 0 aliphatic heterocycles. The molecule has 3 rings (SSSR count). The topological polar surface area (TPSA) is 57.8 Å². The highest BCUT2D eigenvalue weighted by Gasteiger charge is 2.12. The van der Waals surface area contributed by atoms with Crippen molar-refractivity contribution >= 4 is 50.9 Å². The van der Waals surface area contributed by atoms with E-state index < -0.39 is 0 Å².